The monoisotopic (exact) mass is 468 g/mol. The first-order valence-corrected chi connectivity index (χ1v) is 11.7. The van der Waals surface area contributed by atoms with E-state index in [1.165, 1.54) is 0 Å². The summed E-state index contributed by atoms with van der Waals surface area (Å²) in [6.45, 7) is 1.99. The fraction of sp³-hybridized carbons (Fsp3) is 0.423. The molecule has 0 fully saturated rings. The Balaban J connectivity index is 1.44. The lowest BCUT2D eigenvalue weighted by molar-refractivity contribution is -0.137. The number of aliphatic hydroxyl groups is 1. The van der Waals surface area contributed by atoms with Crippen LogP contribution < -0.4 is 10.6 Å². The maximum Gasteiger partial charge on any atom is 0.407 e. The number of nitrogens with one attached hydrogen (secondary N) is 2. The van der Waals surface area contributed by atoms with Gasteiger partial charge in [-0.3, -0.25) is 9.59 Å². The molecule has 0 saturated heterocycles. The Kier molecular flexibility index (Phi) is 9.04. The third-order valence-electron chi connectivity index (χ3n) is 5.94. The number of benzene rings is 2. The van der Waals surface area contributed by atoms with Gasteiger partial charge in [0.2, 0.25) is 5.91 Å². The second kappa shape index (κ2) is 12.2. The number of carbonyl (C=O) groups excluding carboxylic acids is 2. The largest absolute Gasteiger partial charge is 0.481 e. The lowest BCUT2D eigenvalue weighted by atomic mass is 9.98. The van der Waals surface area contributed by atoms with Gasteiger partial charge in [0.15, 0.2) is 0 Å². The van der Waals surface area contributed by atoms with Crippen LogP contribution in [0.1, 0.15) is 56.1 Å². The van der Waals surface area contributed by atoms with Crippen LogP contribution in [-0.2, 0) is 14.3 Å². The Morgan fingerprint density at radius 3 is 2.21 bits per heavy atom. The highest BCUT2D eigenvalue weighted by Crippen LogP contribution is 2.44. The zero-order valence-corrected chi connectivity index (χ0v) is 19.3. The molecule has 2 aromatic carbocycles. The number of carbonyl (C=O) groups is 3. The normalized spacial score (nSPS) is 13.9. The summed E-state index contributed by atoms with van der Waals surface area (Å²) in [5.74, 6) is -1.51. The minimum absolute atomic E-state index is 0.0665. The molecule has 182 valence electrons. The van der Waals surface area contributed by atoms with Gasteiger partial charge < -0.3 is 25.6 Å². The first-order valence-electron chi connectivity index (χ1n) is 11.7. The fourth-order valence-electron chi connectivity index (χ4n) is 4.31. The molecule has 0 bridgehead atoms. The van der Waals surface area contributed by atoms with Crippen molar-refractivity contribution in [2.75, 3.05) is 13.2 Å². The van der Waals surface area contributed by atoms with Crippen LogP contribution in [0.4, 0.5) is 4.79 Å². The number of aliphatic hydroxyl groups excluding tert-OH is 1. The van der Waals surface area contributed by atoms with Crippen molar-refractivity contribution in [1.82, 2.24) is 10.6 Å². The fourth-order valence-corrected chi connectivity index (χ4v) is 4.31. The first-order chi connectivity index (χ1) is 16.4. The third-order valence-corrected chi connectivity index (χ3v) is 5.94. The van der Waals surface area contributed by atoms with E-state index in [1.807, 2.05) is 43.3 Å². The van der Waals surface area contributed by atoms with Crippen molar-refractivity contribution in [2.45, 2.75) is 57.1 Å². The number of alkyl carbamates (subject to hydrolysis) is 1. The topological polar surface area (TPSA) is 125 Å². The van der Waals surface area contributed by atoms with Crippen molar-refractivity contribution in [3.8, 4) is 11.1 Å². The van der Waals surface area contributed by atoms with Crippen LogP contribution in [-0.4, -0.2) is 53.5 Å². The van der Waals surface area contributed by atoms with Crippen LogP contribution in [0.5, 0.6) is 0 Å². The van der Waals surface area contributed by atoms with Crippen molar-refractivity contribution >= 4 is 18.0 Å². The molecule has 3 rings (SSSR count). The second-order valence-electron chi connectivity index (χ2n) is 8.57. The predicted octanol–water partition coefficient (Wildman–Crippen LogP) is 3.43. The van der Waals surface area contributed by atoms with E-state index < -0.39 is 30.1 Å². The Bertz CT molecular complexity index is 963. The number of unbranched alkanes of at least 4 members (excludes halogenated alkanes) is 1. The predicted molar refractivity (Wildman–Crippen MR) is 127 cm³/mol. The summed E-state index contributed by atoms with van der Waals surface area (Å²) in [5.41, 5.74) is 4.47. The van der Waals surface area contributed by atoms with E-state index in [0.717, 1.165) is 35.1 Å². The van der Waals surface area contributed by atoms with Crippen LogP contribution >= 0.6 is 0 Å². The van der Waals surface area contributed by atoms with Gasteiger partial charge in [-0.05, 0) is 28.7 Å². The maximum atomic E-state index is 12.2. The lowest BCUT2D eigenvalue weighted by Crippen LogP contribution is -2.40. The molecule has 0 saturated carbocycles. The summed E-state index contributed by atoms with van der Waals surface area (Å²) in [4.78, 5) is 35.4. The molecular weight excluding hydrogens is 436 g/mol. The summed E-state index contributed by atoms with van der Waals surface area (Å²) in [5, 5.41) is 24.3. The number of fused-ring (bicyclic) bond motifs is 3. The van der Waals surface area contributed by atoms with Crippen molar-refractivity contribution in [3.05, 3.63) is 59.7 Å². The van der Waals surface area contributed by atoms with Gasteiger partial charge in [0.05, 0.1) is 18.9 Å². The van der Waals surface area contributed by atoms with E-state index in [0.29, 0.717) is 6.42 Å². The molecule has 1 aliphatic rings. The number of hydrogen-bond acceptors (Lipinski definition) is 5. The Hall–Kier alpha value is -3.39. The van der Waals surface area contributed by atoms with Crippen molar-refractivity contribution in [2.24, 2.45) is 0 Å². The molecule has 8 nitrogen and oxygen atoms in total. The van der Waals surface area contributed by atoms with Crippen LogP contribution in [0.15, 0.2) is 48.5 Å². The summed E-state index contributed by atoms with van der Waals surface area (Å²) >= 11 is 0. The van der Waals surface area contributed by atoms with Crippen molar-refractivity contribution in [1.29, 1.82) is 0 Å². The van der Waals surface area contributed by atoms with Crippen molar-refractivity contribution < 1.29 is 29.3 Å². The van der Waals surface area contributed by atoms with E-state index >= 15 is 0 Å². The van der Waals surface area contributed by atoms with Gasteiger partial charge >= 0.3 is 12.1 Å². The zero-order chi connectivity index (χ0) is 24.5. The Morgan fingerprint density at radius 1 is 1.00 bits per heavy atom. The molecule has 0 spiro atoms. The molecule has 1 unspecified atom stereocenters. The number of amides is 2. The smallest absolute Gasteiger partial charge is 0.407 e. The van der Waals surface area contributed by atoms with E-state index in [1.54, 1.807) is 0 Å². The van der Waals surface area contributed by atoms with E-state index in [-0.39, 0.29) is 31.9 Å². The molecule has 1 aliphatic carbocycles. The number of rotatable bonds is 12. The van der Waals surface area contributed by atoms with Crippen LogP contribution in [0, 0.1) is 0 Å². The van der Waals surface area contributed by atoms with Crippen molar-refractivity contribution in [3.63, 3.8) is 0 Å². The number of carboxylic acids is 1. The molecule has 4 N–H and O–H groups in total. The SMILES string of the molecule is CCCC[C@H](CC(=O)O)NC(=O)CC(O)CNC(=O)OCC1c2ccccc2-c2ccccc21. The first kappa shape index (κ1) is 25.2. The van der Waals surface area contributed by atoms with Crippen LogP contribution in [0.3, 0.4) is 0 Å². The van der Waals surface area contributed by atoms with Gasteiger partial charge in [-0.15, -0.1) is 0 Å². The minimum Gasteiger partial charge on any atom is -0.481 e. The highest BCUT2D eigenvalue weighted by molar-refractivity contribution is 5.79. The van der Waals surface area contributed by atoms with Gasteiger partial charge in [0.25, 0.3) is 0 Å². The lowest BCUT2D eigenvalue weighted by Gasteiger charge is -2.18. The molecule has 2 aromatic rings. The highest BCUT2D eigenvalue weighted by Gasteiger charge is 2.29. The quantitative estimate of drug-likeness (QED) is 0.378. The number of aliphatic carboxylic acids is 1. The van der Waals surface area contributed by atoms with Crippen LogP contribution in [0.25, 0.3) is 11.1 Å². The highest BCUT2D eigenvalue weighted by atomic mass is 16.5. The molecule has 2 atom stereocenters. The van der Waals surface area contributed by atoms with E-state index in [2.05, 4.69) is 22.8 Å². The third kappa shape index (κ3) is 6.81. The van der Waals surface area contributed by atoms with Gasteiger partial charge in [0.1, 0.15) is 6.61 Å². The molecule has 0 heterocycles. The molecule has 8 heteroatoms. The average Bonchev–Trinajstić information content (AvgIpc) is 3.13. The number of ether oxygens (including phenoxy) is 1. The molecule has 2 amide bonds. The summed E-state index contributed by atoms with van der Waals surface area (Å²) in [6.07, 6.45) is 0.0436. The molecule has 0 aliphatic heterocycles. The van der Waals surface area contributed by atoms with Gasteiger partial charge in [-0.2, -0.15) is 0 Å². The zero-order valence-electron chi connectivity index (χ0n) is 19.3. The maximum absolute atomic E-state index is 12.2. The summed E-state index contributed by atoms with van der Waals surface area (Å²) < 4.78 is 5.42. The Morgan fingerprint density at radius 2 is 1.62 bits per heavy atom. The van der Waals surface area contributed by atoms with Crippen LogP contribution in [0.2, 0.25) is 0 Å². The van der Waals surface area contributed by atoms with E-state index in [4.69, 9.17) is 9.84 Å². The standard InChI is InChI=1S/C26H32N2O6/c1-2-3-8-17(13-25(31)32)28-24(30)14-18(29)15-27-26(33)34-16-23-21-11-6-4-9-19(21)20-10-5-7-12-22(20)23/h4-7,9-12,17-18,23,29H,2-3,8,13-16H2,1H3,(H,27,33)(H,28,30)(H,31,32)/t17-,18?/m1/s1. The number of hydrogen-bond donors (Lipinski definition) is 4. The minimum atomic E-state index is -1.11. The average molecular weight is 469 g/mol. The number of carboxylic acid groups (broad SMARTS) is 1. The molecule has 34 heavy (non-hydrogen) atoms. The summed E-state index contributed by atoms with van der Waals surface area (Å²) in [6, 6.07) is 15.6. The van der Waals surface area contributed by atoms with Gasteiger partial charge in [-0.1, -0.05) is 68.3 Å². The molecular formula is C26H32N2O6. The summed E-state index contributed by atoms with van der Waals surface area (Å²) in [7, 11) is 0. The van der Waals surface area contributed by atoms with Gasteiger partial charge in [0, 0.05) is 18.5 Å². The molecule has 0 aromatic heterocycles. The van der Waals surface area contributed by atoms with E-state index in [9.17, 15) is 19.5 Å². The Labute approximate surface area is 199 Å². The second-order valence-corrected chi connectivity index (χ2v) is 8.57. The van der Waals surface area contributed by atoms with Gasteiger partial charge in [-0.25, -0.2) is 4.79 Å². The molecule has 0 radical (unpaired) electrons.